The molecular weight excluding hydrogens is 251 g/mol. The van der Waals surface area contributed by atoms with Gasteiger partial charge in [0.2, 0.25) is 11.8 Å². The summed E-state index contributed by atoms with van der Waals surface area (Å²) >= 11 is 0. The average molecular weight is 264 g/mol. The van der Waals surface area contributed by atoms with Crippen molar-refractivity contribution in [1.29, 1.82) is 0 Å². The molecule has 0 spiro atoms. The van der Waals surface area contributed by atoms with Crippen LogP contribution in [0.25, 0.3) is 0 Å². The van der Waals surface area contributed by atoms with E-state index in [-0.39, 0.29) is 18.9 Å². The lowest BCUT2D eigenvalue weighted by atomic mass is 10.1. The van der Waals surface area contributed by atoms with Crippen LogP contribution in [0.2, 0.25) is 0 Å². The van der Waals surface area contributed by atoms with Crippen LogP contribution in [-0.2, 0) is 17.8 Å². The number of halogens is 1. The molecule has 2 aromatic rings. The molecule has 0 bridgehead atoms. The van der Waals surface area contributed by atoms with Crippen molar-refractivity contribution in [3.05, 3.63) is 47.4 Å². The van der Waals surface area contributed by atoms with Gasteiger partial charge in [-0.3, -0.25) is 10.1 Å². The summed E-state index contributed by atoms with van der Waals surface area (Å²) < 4.78 is 18.0. The van der Waals surface area contributed by atoms with Gasteiger partial charge < -0.3 is 10.3 Å². The highest BCUT2D eigenvalue weighted by molar-refractivity contribution is 5.75. The molecule has 19 heavy (non-hydrogen) atoms. The van der Waals surface area contributed by atoms with Crippen molar-refractivity contribution in [1.82, 2.24) is 15.5 Å². The predicted molar refractivity (Wildman–Crippen MR) is 64.4 cm³/mol. The zero-order valence-corrected chi connectivity index (χ0v) is 10.1. The molecule has 3 N–H and O–H groups in total. The number of hydrogen-bond donors (Lipinski definition) is 2. The Bertz CT molecular complexity index is 570. The van der Waals surface area contributed by atoms with E-state index >= 15 is 0 Å². The third-order valence-electron chi connectivity index (χ3n) is 2.34. The maximum Gasteiger partial charge on any atom is 0.240 e. The molecule has 0 fully saturated rings. The van der Waals surface area contributed by atoms with Gasteiger partial charge in [-0.1, -0.05) is 17.3 Å². The lowest BCUT2D eigenvalue weighted by Crippen LogP contribution is -2.28. The van der Waals surface area contributed by atoms with Crippen molar-refractivity contribution in [2.75, 3.05) is 6.54 Å². The van der Waals surface area contributed by atoms with Crippen LogP contribution in [0.4, 0.5) is 4.39 Å². The van der Waals surface area contributed by atoms with Gasteiger partial charge in [-0.2, -0.15) is 4.98 Å². The zero-order valence-electron chi connectivity index (χ0n) is 10.1. The molecular formula is C12H13FN4O2. The molecule has 0 aliphatic carbocycles. The van der Waals surface area contributed by atoms with Crippen LogP contribution in [0.15, 0.2) is 28.8 Å². The minimum atomic E-state index is -0.459. The van der Waals surface area contributed by atoms with E-state index in [1.54, 1.807) is 12.1 Å². The normalized spacial score (nSPS) is 10.6. The van der Waals surface area contributed by atoms with Crippen molar-refractivity contribution >= 4 is 5.91 Å². The fraction of sp³-hybridized carbons (Fsp3) is 0.250. The van der Waals surface area contributed by atoms with Crippen molar-refractivity contribution in [3.8, 4) is 0 Å². The molecule has 0 saturated carbocycles. The quantitative estimate of drug-likeness (QED) is 0.786. The summed E-state index contributed by atoms with van der Waals surface area (Å²) in [4.78, 5) is 14.6. The van der Waals surface area contributed by atoms with E-state index in [2.05, 4.69) is 15.5 Å². The van der Waals surface area contributed by atoms with E-state index in [0.717, 1.165) is 5.56 Å². The molecule has 0 radical (unpaired) electrons. The number of aromatic nitrogens is 2. The van der Waals surface area contributed by atoms with Gasteiger partial charge in [-0.25, -0.2) is 4.39 Å². The number of carbonyl (C=O) groups excluding carboxylic acids is 1. The highest BCUT2D eigenvalue weighted by Crippen LogP contribution is 2.08. The van der Waals surface area contributed by atoms with Crippen LogP contribution in [0, 0.1) is 5.82 Å². The molecule has 1 amide bonds. The Morgan fingerprint density at radius 2 is 2.32 bits per heavy atom. The number of hydrogen-bond acceptors (Lipinski definition) is 5. The summed E-state index contributed by atoms with van der Waals surface area (Å²) in [6.07, 6.45) is 0.386. The number of carbonyl (C=O) groups is 1. The Labute approximate surface area is 108 Å². The second kappa shape index (κ2) is 6.05. The fourth-order valence-electron chi connectivity index (χ4n) is 1.56. The van der Waals surface area contributed by atoms with Crippen LogP contribution in [0.1, 0.15) is 17.3 Å². The van der Waals surface area contributed by atoms with Crippen molar-refractivity contribution < 1.29 is 13.7 Å². The molecule has 7 heteroatoms. The second-order valence-corrected chi connectivity index (χ2v) is 3.98. The van der Waals surface area contributed by atoms with Crippen LogP contribution in [-0.4, -0.2) is 22.6 Å². The molecule has 2 rings (SSSR count). The van der Waals surface area contributed by atoms with E-state index in [4.69, 9.17) is 10.3 Å². The maximum atomic E-state index is 13.0. The van der Waals surface area contributed by atoms with E-state index in [9.17, 15) is 9.18 Å². The number of nitrogens with two attached hydrogens (primary N) is 1. The molecule has 6 nitrogen and oxygen atoms in total. The number of rotatable bonds is 6. The number of amides is 1. The summed E-state index contributed by atoms with van der Waals surface area (Å²) in [5.41, 5.74) is 5.74. The molecule has 1 heterocycles. The van der Waals surface area contributed by atoms with E-state index in [1.165, 1.54) is 12.1 Å². The van der Waals surface area contributed by atoms with Crippen LogP contribution in [0.5, 0.6) is 0 Å². The minimum absolute atomic E-state index is 0.0433. The lowest BCUT2D eigenvalue weighted by molar-refractivity contribution is -0.117. The third kappa shape index (κ3) is 4.14. The largest absolute Gasteiger partial charge is 0.369 e. The third-order valence-corrected chi connectivity index (χ3v) is 2.34. The van der Waals surface area contributed by atoms with Gasteiger partial charge >= 0.3 is 0 Å². The van der Waals surface area contributed by atoms with Gasteiger partial charge in [-0.15, -0.1) is 0 Å². The summed E-state index contributed by atoms with van der Waals surface area (Å²) in [5.74, 6) is 0.0537. The Morgan fingerprint density at radius 3 is 3.05 bits per heavy atom. The van der Waals surface area contributed by atoms with Crippen LogP contribution in [0.3, 0.4) is 0 Å². The minimum Gasteiger partial charge on any atom is -0.369 e. The van der Waals surface area contributed by atoms with Gasteiger partial charge in [0.1, 0.15) is 5.82 Å². The fourth-order valence-corrected chi connectivity index (χ4v) is 1.56. The first-order chi connectivity index (χ1) is 9.13. The Hall–Kier alpha value is -2.28. The van der Waals surface area contributed by atoms with Gasteiger partial charge in [0.15, 0.2) is 5.82 Å². The van der Waals surface area contributed by atoms with E-state index < -0.39 is 5.91 Å². The number of primary amides is 1. The monoisotopic (exact) mass is 264 g/mol. The topological polar surface area (TPSA) is 94.0 Å². The number of nitrogens with one attached hydrogen (secondary N) is 1. The maximum absolute atomic E-state index is 13.0. The summed E-state index contributed by atoms with van der Waals surface area (Å²) in [7, 11) is 0. The van der Waals surface area contributed by atoms with Crippen molar-refractivity contribution in [2.24, 2.45) is 5.73 Å². The van der Waals surface area contributed by atoms with Gasteiger partial charge in [0, 0.05) is 6.42 Å². The first kappa shape index (κ1) is 13.2. The van der Waals surface area contributed by atoms with Gasteiger partial charge in [0.05, 0.1) is 13.1 Å². The Morgan fingerprint density at radius 1 is 1.47 bits per heavy atom. The van der Waals surface area contributed by atoms with Crippen LogP contribution >= 0.6 is 0 Å². The predicted octanol–water partition coefficient (Wildman–Crippen LogP) is 0.374. The molecule has 0 aliphatic heterocycles. The van der Waals surface area contributed by atoms with Gasteiger partial charge in [-0.05, 0) is 17.7 Å². The summed E-state index contributed by atoms with van der Waals surface area (Å²) in [5, 5.41) is 6.53. The first-order valence-electron chi connectivity index (χ1n) is 5.68. The van der Waals surface area contributed by atoms with E-state index in [1.807, 2.05) is 0 Å². The summed E-state index contributed by atoms with van der Waals surface area (Å²) in [6.45, 7) is 0.306. The Balaban J connectivity index is 1.92. The lowest BCUT2D eigenvalue weighted by Gasteiger charge is -1.96. The standard InChI is InChI=1S/C12H13FN4O2/c13-9-3-1-2-8(4-9)5-11-16-12(19-17-11)7-15-6-10(14)18/h1-4,15H,5-7H2,(H2,14,18). The highest BCUT2D eigenvalue weighted by Gasteiger charge is 2.07. The number of nitrogens with zero attached hydrogens (tertiary/aromatic N) is 2. The molecule has 1 aromatic carbocycles. The molecule has 0 atom stereocenters. The molecule has 0 aliphatic rings. The average Bonchev–Trinajstić information content (AvgIpc) is 2.76. The van der Waals surface area contributed by atoms with Crippen molar-refractivity contribution in [2.45, 2.75) is 13.0 Å². The zero-order chi connectivity index (χ0) is 13.7. The molecule has 1 aromatic heterocycles. The molecule has 0 unspecified atom stereocenters. The van der Waals surface area contributed by atoms with Gasteiger partial charge in [0.25, 0.3) is 0 Å². The number of benzene rings is 1. The summed E-state index contributed by atoms with van der Waals surface area (Å²) in [6, 6.07) is 6.20. The van der Waals surface area contributed by atoms with Crippen molar-refractivity contribution in [3.63, 3.8) is 0 Å². The van der Waals surface area contributed by atoms with E-state index in [0.29, 0.717) is 18.1 Å². The first-order valence-corrected chi connectivity index (χ1v) is 5.68. The van der Waals surface area contributed by atoms with Crippen LogP contribution < -0.4 is 11.1 Å². The molecule has 100 valence electrons. The second-order valence-electron chi connectivity index (χ2n) is 3.98. The SMILES string of the molecule is NC(=O)CNCc1nc(Cc2cccc(F)c2)no1. The molecule has 0 saturated heterocycles. The smallest absolute Gasteiger partial charge is 0.240 e. The highest BCUT2D eigenvalue weighted by atomic mass is 19.1. The Kier molecular flexibility index (Phi) is 4.19.